The van der Waals surface area contributed by atoms with Gasteiger partial charge in [-0.3, -0.25) is 24.0 Å². The lowest BCUT2D eigenvalue weighted by Gasteiger charge is -2.57. The van der Waals surface area contributed by atoms with E-state index < -0.39 is 47.8 Å². The zero-order valence-electron chi connectivity index (χ0n) is 37.0. The SMILES string of the molecule is CC1(O)CCC(CNc2ncc(S(=O)(=O)NC(=O)c3ccc(N4CCC5(CC4)CC(N4CCS(=O)C[C@@H]4c4ccccc4C4CC4)C5)cc3Oc3cnc4[nH]ccc4c3)cc2[N+](=O)[O-])CC1. The summed E-state index contributed by atoms with van der Waals surface area (Å²) in [6.45, 7) is 4.61. The third-order valence-electron chi connectivity index (χ3n) is 14.8. The molecule has 2 saturated heterocycles. The molecule has 3 aromatic heterocycles. The zero-order chi connectivity index (χ0) is 45.8. The lowest BCUT2D eigenvalue weighted by molar-refractivity contribution is -0.384. The van der Waals surface area contributed by atoms with E-state index in [2.05, 4.69) is 59.1 Å². The Morgan fingerprint density at radius 3 is 2.48 bits per heavy atom. The van der Waals surface area contributed by atoms with Gasteiger partial charge in [0.05, 0.1) is 28.5 Å². The van der Waals surface area contributed by atoms with Gasteiger partial charge in [0.2, 0.25) is 5.82 Å². The summed E-state index contributed by atoms with van der Waals surface area (Å²) in [6.07, 6.45) is 13.6. The Morgan fingerprint density at radius 1 is 0.985 bits per heavy atom. The number of aliphatic hydroxyl groups is 1. The van der Waals surface area contributed by atoms with Crippen molar-refractivity contribution >= 4 is 55.0 Å². The monoisotopic (exact) mass is 936 g/mol. The first kappa shape index (κ1) is 44.4. The first-order valence-electron chi connectivity index (χ1n) is 23.1. The maximum atomic E-state index is 14.0. The number of hydrogen-bond acceptors (Lipinski definition) is 13. The summed E-state index contributed by atoms with van der Waals surface area (Å²) < 4.78 is 48.8. The molecule has 348 valence electrons. The van der Waals surface area contributed by atoms with E-state index in [-0.39, 0.29) is 34.5 Å². The second-order valence-electron chi connectivity index (χ2n) is 19.4. The molecule has 16 nitrogen and oxygen atoms in total. The van der Waals surface area contributed by atoms with Crippen LogP contribution in [0.2, 0.25) is 0 Å². The summed E-state index contributed by atoms with van der Waals surface area (Å²) in [4.78, 5) is 41.4. The fraction of sp³-hybridized carbons (Fsp3) is 0.479. The fourth-order valence-corrected chi connectivity index (χ4v) is 13.0. The van der Waals surface area contributed by atoms with Crippen molar-refractivity contribution in [3.8, 4) is 11.5 Å². The number of H-pyrrole nitrogens is 1. The molecule has 3 saturated carbocycles. The molecule has 1 unspecified atom stereocenters. The van der Waals surface area contributed by atoms with E-state index in [9.17, 15) is 32.6 Å². The molecule has 1 spiro atoms. The Balaban J connectivity index is 0.837. The Hall–Kier alpha value is -5.43. The van der Waals surface area contributed by atoms with E-state index in [1.54, 1.807) is 37.4 Å². The van der Waals surface area contributed by atoms with Crippen molar-refractivity contribution in [2.75, 3.05) is 47.9 Å². The molecule has 3 aliphatic carbocycles. The number of piperidine rings is 1. The number of aromatic nitrogens is 3. The first-order valence-corrected chi connectivity index (χ1v) is 26.1. The number of amides is 1. The lowest BCUT2D eigenvalue weighted by atomic mass is 9.59. The Labute approximate surface area is 386 Å². The average Bonchev–Trinajstić information content (AvgIpc) is 4.04. The predicted molar refractivity (Wildman–Crippen MR) is 252 cm³/mol. The molecule has 5 aromatic rings. The van der Waals surface area contributed by atoms with Crippen molar-refractivity contribution < 1.29 is 32.2 Å². The molecule has 18 heteroatoms. The van der Waals surface area contributed by atoms with E-state index in [0.717, 1.165) is 87.2 Å². The summed E-state index contributed by atoms with van der Waals surface area (Å²) in [5.41, 5.74) is 3.18. The summed E-state index contributed by atoms with van der Waals surface area (Å²) in [7, 11) is -5.46. The van der Waals surface area contributed by atoms with Crippen LogP contribution in [0.1, 0.15) is 105 Å². The van der Waals surface area contributed by atoms with Gasteiger partial charge in [-0.25, -0.2) is 23.1 Å². The van der Waals surface area contributed by atoms with E-state index in [1.807, 2.05) is 6.07 Å². The molecule has 4 N–H and O–H groups in total. The number of rotatable bonds is 13. The smallest absolute Gasteiger partial charge is 0.312 e. The molecular weight excluding hydrogens is 881 g/mol. The molecule has 5 aliphatic rings. The standard InChI is InChI=1S/C48H56N8O8S2/c1-47(58)13-10-31(11-14-47)27-50-45-41(56(59)60)24-37(29-52-45)66(62,63)53-46(57)40-9-8-34(23-43(40)64-36-22-33-12-17-49-44(33)51-28-36)54-18-15-48(16-19-54)25-35(26-48)55-20-21-65(61)30-42(55)39-5-3-2-4-38(39)32-6-7-32/h2-5,8-9,12,17,22-24,28-29,31-32,35,42,58H,6-7,10-11,13-16,18-21,25-27,30H2,1H3,(H,49,51)(H,50,52)(H,53,57)/t31?,42-,47?,65?/m1/s1. The van der Waals surface area contributed by atoms with Gasteiger partial charge in [-0.2, -0.15) is 0 Å². The number of benzene rings is 2. The predicted octanol–water partition coefficient (Wildman–Crippen LogP) is 7.56. The van der Waals surface area contributed by atoms with Gasteiger partial charge in [-0.1, -0.05) is 24.3 Å². The summed E-state index contributed by atoms with van der Waals surface area (Å²) in [6, 6.07) is 19.0. The summed E-state index contributed by atoms with van der Waals surface area (Å²) in [5.74, 6) is 1.60. The van der Waals surface area contributed by atoms with Gasteiger partial charge < -0.3 is 25.0 Å². The van der Waals surface area contributed by atoms with Crippen LogP contribution >= 0.6 is 0 Å². The number of sulfonamides is 1. The van der Waals surface area contributed by atoms with Crippen LogP contribution in [0.15, 0.2) is 84.1 Å². The summed E-state index contributed by atoms with van der Waals surface area (Å²) in [5, 5.41) is 26.2. The van der Waals surface area contributed by atoms with Crippen LogP contribution in [0.5, 0.6) is 11.5 Å². The van der Waals surface area contributed by atoms with E-state index >= 15 is 0 Å². The highest BCUT2D eigenvalue weighted by Crippen LogP contribution is 2.54. The fourth-order valence-electron chi connectivity index (χ4n) is 10.7. The molecule has 5 heterocycles. The topological polar surface area (TPSA) is 213 Å². The minimum absolute atomic E-state index is 0.0562. The van der Waals surface area contributed by atoms with Crippen LogP contribution in [0.3, 0.4) is 0 Å². The van der Waals surface area contributed by atoms with Crippen LogP contribution in [0, 0.1) is 21.4 Å². The molecule has 2 aliphatic heterocycles. The number of nitrogens with zero attached hydrogens (tertiary/aromatic N) is 5. The average molecular weight is 937 g/mol. The molecule has 0 radical (unpaired) electrons. The Morgan fingerprint density at radius 2 is 1.74 bits per heavy atom. The molecule has 2 aromatic carbocycles. The number of ether oxygens (including phenoxy) is 1. The number of hydrogen-bond donors (Lipinski definition) is 4. The van der Waals surface area contributed by atoms with Crippen LogP contribution in [-0.4, -0.2) is 97.7 Å². The molecule has 1 amide bonds. The van der Waals surface area contributed by atoms with Crippen molar-refractivity contribution in [2.45, 2.75) is 99.6 Å². The maximum absolute atomic E-state index is 14.0. The normalized spacial score (nSPS) is 24.8. The van der Waals surface area contributed by atoms with Crippen LogP contribution < -0.4 is 19.7 Å². The van der Waals surface area contributed by atoms with Gasteiger partial charge in [0, 0.05) is 90.0 Å². The van der Waals surface area contributed by atoms with Crippen LogP contribution in [0.4, 0.5) is 17.2 Å². The highest BCUT2D eigenvalue weighted by Gasteiger charge is 2.50. The van der Waals surface area contributed by atoms with Gasteiger partial charge in [0.1, 0.15) is 22.0 Å². The van der Waals surface area contributed by atoms with Gasteiger partial charge in [-0.15, -0.1) is 0 Å². The molecule has 66 heavy (non-hydrogen) atoms. The highest BCUT2D eigenvalue weighted by atomic mass is 32.2. The van der Waals surface area contributed by atoms with Crippen molar-refractivity contribution in [1.82, 2.24) is 24.6 Å². The number of carbonyl (C=O) groups excluding carboxylic acids is 1. The number of carbonyl (C=O) groups is 1. The molecule has 0 bridgehead atoms. The molecule has 10 rings (SSSR count). The van der Waals surface area contributed by atoms with Gasteiger partial charge in [0.25, 0.3) is 15.9 Å². The summed E-state index contributed by atoms with van der Waals surface area (Å²) >= 11 is 0. The quantitative estimate of drug-likeness (QED) is 0.0664. The van der Waals surface area contributed by atoms with Crippen molar-refractivity contribution in [3.63, 3.8) is 0 Å². The second kappa shape index (κ2) is 17.7. The number of nitrogens with one attached hydrogen (secondary N) is 3. The number of nitro groups is 1. The molecule has 5 fully saturated rings. The van der Waals surface area contributed by atoms with E-state index in [1.165, 1.54) is 30.2 Å². The lowest BCUT2D eigenvalue weighted by Crippen LogP contribution is -2.58. The Kier molecular flexibility index (Phi) is 11.9. The number of fused-ring (bicyclic) bond motifs is 1. The van der Waals surface area contributed by atoms with Gasteiger partial charge in [-0.05, 0) is 124 Å². The minimum atomic E-state index is -4.64. The largest absolute Gasteiger partial charge is 0.455 e. The third-order valence-corrected chi connectivity index (χ3v) is 17.4. The number of pyridine rings is 2. The third kappa shape index (κ3) is 9.29. The number of anilines is 2. The first-order chi connectivity index (χ1) is 31.7. The highest BCUT2D eigenvalue weighted by molar-refractivity contribution is 7.90. The minimum Gasteiger partial charge on any atom is -0.455 e. The second-order valence-corrected chi connectivity index (χ2v) is 22.7. The van der Waals surface area contributed by atoms with Gasteiger partial charge in [0.15, 0.2) is 0 Å². The zero-order valence-corrected chi connectivity index (χ0v) is 38.6. The van der Waals surface area contributed by atoms with E-state index in [0.29, 0.717) is 48.5 Å². The van der Waals surface area contributed by atoms with E-state index in [4.69, 9.17) is 4.74 Å². The maximum Gasteiger partial charge on any atom is 0.312 e. The van der Waals surface area contributed by atoms with Gasteiger partial charge >= 0.3 is 5.69 Å². The van der Waals surface area contributed by atoms with Crippen molar-refractivity contribution in [1.29, 1.82) is 0 Å². The number of aromatic amines is 1. The molecule has 2 atom stereocenters. The Bertz CT molecular complexity index is 2790. The van der Waals surface area contributed by atoms with Crippen molar-refractivity contribution in [3.05, 3.63) is 106 Å². The van der Waals surface area contributed by atoms with Crippen LogP contribution in [-0.2, 0) is 20.8 Å². The van der Waals surface area contributed by atoms with Crippen LogP contribution in [0.25, 0.3) is 11.0 Å². The van der Waals surface area contributed by atoms with Crippen molar-refractivity contribution in [2.24, 2.45) is 11.3 Å². The molecular formula is C48H56N8O8S2.